The number of hydrogen-bond acceptors (Lipinski definition) is 5. The second kappa shape index (κ2) is 8.55. The molecule has 1 N–H and O–H groups in total. The van der Waals surface area contributed by atoms with Crippen molar-refractivity contribution in [2.24, 2.45) is 29.1 Å². The predicted molar refractivity (Wildman–Crippen MR) is 116 cm³/mol. The predicted octanol–water partition coefficient (Wildman–Crippen LogP) is 2.62. The molecule has 4 saturated carbocycles. The van der Waals surface area contributed by atoms with E-state index in [9.17, 15) is 9.59 Å². The van der Waals surface area contributed by atoms with E-state index in [1.807, 2.05) is 6.07 Å². The highest BCUT2D eigenvalue weighted by Crippen LogP contribution is 2.62. The smallest absolute Gasteiger partial charge is 0.311 e. The number of nitrogens with one attached hydrogen (secondary N) is 1. The third-order valence-electron chi connectivity index (χ3n) is 8.29. The number of morpholine rings is 1. The minimum atomic E-state index is -0.407. The van der Waals surface area contributed by atoms with Crippen LogP contribution in [0.5, 0.6) is 0 Å². The van der Waals surface area contributed by atoms with Gasteiger partial charge in [-0.15, -0.1) is 0 Å². The van der Waals surface area contributed by atoms with Crippen LogP contribution >= 0.6 is 0 Å². The summed E-state index contributed by atoms with van der Waals surface area (Å²) in [5.41, 5.74) is 1.01. The van der Waals surface area contributed by atoms with E-state index in [-0.39, 0.29) is 17.3 Å². The molecule has 1 amide bonds. The normalized spacial score (nSPS) is 36.9. The monoisotopic (exact) mass is 426 g/mol. The average molecular weight is 427 g/mol. The van der Waals surface area contributed by atoms with E-state index in [4.69, 9.17) is 9.47 Å². The van der Waals surface area contributed by atoms with Gasteiger partial charge >= 0.3 is 5.97 Å². The number of hydrogen-bond donors (Lipinski definition) is 1. The number of amides is 1. The van der Waals surface area contributed by atoms with Crippen LogP contribution < -0.4 is 5.32 Å². The Bertz CT molecular complexity index is 797. The number of carbonyl (C=O) groups excluding carboxylic acids is 2. The molecule has 4 aliphatic carbocycles. The molecule has 3 atom stereocenters. The highest BCUT2D eigenvalue weighted by Gasteiger charge is 2.58. The third-order valence-corrected chi connectivity index (χ3v) is 8.29. The van der Waals surface area contributed by atoms with Crippen molar-refractivity contribution in [3.63, 3.8) is 0 Å². The molecule has 5 aliphatic rings. The van der Waals surface area contributed by atoms with Gasteiger partial charge in [0.1, 0.15) is 6.10 Å². The van der Waals surface area contributed by atoms with Gasteiger partial charge in [0.25, 0.3) is 0 Å². The number of benzene rings is 1. The van der Waals surface area contributed by atoms with Gasteiger partial charge in [-0.3, -0.25) is 14.5 Å². The van der Waals surface area contributed by atoms with Crippen molar-refractivity contribution in [3.05, 3.63) is 35.9 Å². The minimum Gasteiger partial charge on any atom is -0.469 e. The van der Waals surface area contributed by atoms with Gasteiger partial charge in [-0.25, -0.2) is 0 Å². The maximum Gasteiger partial charge on any atom is 0.311 e. The molecule has 1 aliphatic heterocycles. The summed E-state index contributed by atoms with van der Waals surface area (Å²) in [7, 11) is 1.52. The van der Waals surface area contributed by atoms with Gasteiger partial charge in [-0.2, -0.15) is 0 Å². The van der Waals surface area contributed by atoms with Crippen LogP contribution in [0, 0.1) is 29.1 Å². The summed E-state index contributed by atoms with van der Waals surface area (Å²) in [5.74, 6) is 2.16. The summed E-state index contributed by atoms with van der Waals surface area (Å²) in [5, 5.41) is 3.21. The molecule has 31 heavy (non-hydrogen) atoms. The molecular weight excluding hydrogens is 392 g/mol. The maximum absolute atomic E-state index is 12.9. The second-order valence-electron chi connectivity index (χ2n) is 10.2. The Morgan fingerprint density at radius 3 is 2.61 bits per heavy atom. The van der Waals surface area contributed by atoms with Crippen molar-refractivity contribution in [1.82, 2.24) is 10.2 Å². The van der Waals surface area contributed by atoms with Crippen LogP contribution in [0.3, 0.4) is 0 Å². The molecule has 0 aromatic heterocycles. The van der Waals surface area contributed by atoms with Gasteiger partial charge in [0.2, 0.25) is 5.91 Å². The zero-order chi connectivity index (χ0) is 21.4. The van der Waals surface area contributed by atoms with Gasteiger partial charge in [-0.1, -0.05) is 30.3 Å². The Kier molecular flexibility index (Phi) is 5.78. The van der Waals surface area contributed by atoms with Crippen LogP contribution in [0.4, 0.5) is 0 Å². The summed E-state index contributed by atoms with van der Waals surface area (Å²) in [6.07, 6.45) is 4.84. The van der Waals surface area contributed by atoms with Gasteiger partial charge in [0, 0.05) is 26.2 Å². The quantitative estimate of drug-likeness (QED) is 0.709. The molecule has 0 spiro atoms. The average Bonchev–Trinajstić information content (AvgIpc) is 2.78. The van der Waals surface area contributed by atoms with Crippen molar-refractivity contribution < 1.29 is 19.1 Å². The van der Waals surface area contributed by atoms with Crippen LogP contribution in [0.1, 0.15) is 37.7 Å². The largest absolute Gasteiger partial charge is 0.469 e. The standard InChI is InChI=1S/C25H34N2O4/c1-30-24(29)25-11-18-9-19(12-25)21(20(10-18)13-25)14-26-23(28)22-16-27(7-8-31-22)15-17-5-3-2-4-6-17/h2-6,18-22H,7-16H2,1H3,(H,26,28)/t18?,19?,20?,21?,22-,25?/m1/s1. The lowest BCUT2D eigenvalue weighted by molar-refractivity contribution is -0.174. The maximum atomic E-state index is 12.9. The zero-order valence-corrected chi connectivity index (χ0v) is 18.4. The lowest BCUT2D eigenvalue weighted by Gasteiger charge is -2.58. The van der Waals surface area contributed by atoms with E-state index < -0.39 is 6.10 Å². The Morgan fingerprint density at radius 2 is 1.90 bits per heavy atom. The molecule has 4 bridgehead atoms. The first-order valence-electron chi connectivity index (χ1n) is 11.8. The van der Waals surface area contributed by atoms with E-state index in [1.54, 1.807) is 0 Å². The van der Waals surface area contributed by atoms with Crippen LogP contribution in [0.2, 0.25) is 0 Å². The summed E-state index contributed by atoms with van der Waals surface area (Å²) >= 11 is 0. The fraction of sp³-hybridized carbons (Fsp3) is 0.680. The van der Waals surface area contributed by atoms with Crippen LogP contribution in [0.25, 0.3) is 0 Å². The number of rotatable bonds is 6. The molecule has 1 aromatic carbocycles. The van der Waals surface area contributed by atoms with E-state index in [0.717, 1.165) is 32.4 Å². The number of carbonyl (C=O) groups is 2. The molecule has 2 unspecified atom stereocenters. The SMILES string of the molecule is COC(=O)C12CC3CC(C1)C(CNC(=O)[C@H]1CN(Cc4ccccc4)CCO1)C(C3)C2. The van der Waals surface area contributed by atoms with Gasteiger partial charge in [0.15, 0.2) is 0 Å². The fourth-order valence-corrected chi connectivity index (χ4v) is 7.11. The van der Waals surface area contributed by atoms with E-state index in [2.05, 4.69) is 34.5 Å². The molecule has 5 fully saturated rings. The van der Waals surface area contributed by atoms with Crippen molar-refractivity contribution in [2.45, 2.75) is 44.8 Å². The van der Waals surface area contributed by atoms with Crippen LogP contribution in [-0.4, -0.2) is 56.2 Å². The van der Waals surface area contributed by atoms with Crippen LogP contribution in [0.15, 0.2) is 30.3 Å². The molecule has 1 heterocycles. The molecular formula is C25H34N2O4. The topological polar surface area (TPSA) is 67.9 Å². The number of ether oxygens (including phenoxy) is 2. The molecule has 1 aromatic rings. The van der Waals surface area contributed by atoms with E-state index in [1.165, 1.54) is 25.5 Å². The molecule has 6 nitrogen and oxygen atoms in total. The van der Waals surface area contributed by atoms with Gasteiger partial charge < -0.3 is 14.8 Å². The first-order valence-corrected chi connectivity index (χ1v) is 11.8. The number of nitrogens with zero attached hydrogens (tertiary/aromatic N) is 1. The summed E-state index contributed by atoms with van der Waals surface area (Å²) in [6.45, 7) is 3.62. The molecule has 6 rings (SSSR count). The highest BCUT2D eigenvalue weighted by atomic mass is 16.5. The first kappa shape index (κ1) is 21.0. The first-order chi connectivity index (χ1) is 15.1. The Balaban J connectivity index is 1.15. The molecule has 168 valence electrons. The summed E-state index contributed by atoms with van der Waals surface area (Å²) < 4.78 is 11.0. The highest BCUT2D eigenvalue weighted by molar-refractivity contribution is 5.81. The van der Waals surface area contributed by atoms with E-state index >= 15 is 0 Å². The lowest BCUT2D eigenvalue weighted by atomic mass is 9.46. The zero-order valence-electron chi connectivity index (χ0n) is 18.4. The van der Waals surface area contributed by atoms with Crippen molar-refractivity contribution in [3.8, 4) is 0 Å². The lowest BCUT2D eigenvalue weighted by Crippen LogP contribution is -2.57. The Hall–Kier alpha value is -1.92. The summed E-state index contributed by atoms with van der Waals surface area (Å²) in [4.78, 5) is 27.7. The Labute approximate surface area is 184 Å². The third kappa shape index (κ3) is 4.12. The van der Waals surface area contributed by atoms with Crippen molar-refractivity contribution in [1.29, 1.82) is 0 Å². The summed E-state index contributed by atoms with van der Waals surface area (Å²) in [6, 6.07) is 10.4. The van der Waals surface area contributed by atoms with Crippen molar-refractivity contribution >= 4 is 11.9 Å². The fourth-order valence-electron chi connectivity index (χ4n) is 7.11. The number of esters is 1. The van der Waals surface area contributed by atoms with Gasteiger partial charge in [0.05, 0.1) is 19.1 Å². The van der Waals surface area contributed by atoms with Crippen LogP contribution in [-0.2, 0) is 25.6 Å². The molecule has 6 heteroatoms. The second-order valence-corrected chi connectivity index (χ2v) is 10.2. The molecule has 1 saturated heterocycles. The van der Waals surface area contributed by atoms with E-state index in [0.29, 0.717) is 43.4 Å². The minimum absolute atomic E-state index is 0.00856. The van der Waals surface area contributed by atoms with Crippen molar-refractivity contribution in [2.75, 3.05) is 33.4 Å². The Morgan fingerprint density at radius 1 is 1.16 bits per heavy atom. The molecule has 0 radical (unpaired) electrons. The van der Waals surface area contributed by atoms with Gasteiger partial charge in [-0.05, 0) is 61.3 Å². The number of methoxy groups -OCH3 is 1.